The molecule has 2 heterocycles. The van der Waals surface area contributed by atoms with E-state index in [-0.39, 0.29) is 34.3 Å². The molecular formula is C22H16F5NO4. The number of ketones is 1. The first-order chi connectivity index (χ1) is 15.0. The molecule has 1 aliphatic rings. The number of ether oxygens (including phenoxy) is 1. The summed E-state index contributed by atoms with van der Waals surface area (Å²) in [6, 6.07) is 2.97. The van der Waals surface area contributed by atoms with E-state index in [1.807, 2.05) is 6.92 Å². The lowest BCUT2D eigenvalue weighted by Crippen LogP contribution is -2.38. The Kier molecular flexibility index (Phi) is 4.98. The molecule has 3 aromatic rings. The third-order valence-corrected chi connectivity index (χ3v) is 5.63. The molecule has 0 saturated carbocycles. The van der Waals surface area contributed by atoms with Gasteiger partial charge in [0, 0.05) is 10.9 Å². The van der Waals surface area contributed by atoms with Crippen molar-refractivity contribution >= 4 is 28.3 Å². The van der Waals surface area contributed by atoms with Crippen LogP contribution in [0.15, 0.2) is 16.5 Å². The zero-order chi connectivity index (χ0) is 23.5. The molecule has 0 bridgehead atoms. The standard InChI is InChI=1S/C22H16F5NO4/c1-4-22(3)7-9(29)13-11(32-22)6-5-10-12(13)8(2)20(31-10)21(30)28-19-17(26)15(24)14(23)16(25)18(19)27/h5-6H,4,7H2,1-3H3,(H,28,30). The second-order valence-electron chi connectivity index (χ2n) is 7.77. The summed E-state index contributed by atoms with van der Waals surface area (Å²) < 4.78 is 79.4. The summed E-state index contributed by atoms with van der Waals surface area (Å²) in [6.07, 6.45) is 0.669. The Hall–Kier alpha value is -3.43. The van der Waals surface area contributed by atoms with Crippen molar-refractivity contribution < 1.29 is 40.7 Å². The number of anilines is 1. The Balaban J connectivity index is 1.80. The van der Waals surface area contributed by atoms with Gasteiger partial charge in [-0.15, -0.1) is 0 Å². The fourth-order valence-corrected chi connectivity index (χ4v) is 3.71. The van der Waals surface area contributed by atoms with Gasteiger partial charge in [-0.2, -0.15) is 0 Å². The number of rotatable bonds is 3. The molecular weight excluding hydrogens is 437 g/mol. The zero-order valence-corrected chi connectivity index (χ0v) is 17.1. The van der Waals surface area contributed by atoms with Gasteiger partial charge in [0.2, 0.25) is 5.82 Å². The van der Waals surface area contributed by atoms with Gasteiger partial charge >= 0.3 is 0 Å². The van der Waals surface area contributed by atoms with Crippen LogP contribution in [0.3, 0.4) is 0 Å². The van der Waals surface area contributed by atoms with Crippen LogP contribution in [-0.4, -0.2) is 17.3 Å². The van der Waals surface area contributed by atoms with Crippen molar-refractivity contribution in [2.45, 2.75) is 39.2 Å². The third kappa shape index (κ3) is 3.12. The molecule has 0 aliphatic carbocycles. The number of furan rings is 1. The quantitative estimate of drug-likeness (QED) is 0.308. The Morgan fingerprint density at radius 2 is 1.66 bits per heavy atom. The fraction of sp³-hybridized carbons (Fsp3) is 0.273. The number of aryl methyl sites for hydroxylation is 1. The lowest BCUT2D eigenvalue weighted by Gasteiger charge is -2.34. The van der Waals surface area contributed by atoms with Gasteiger partial charge in [-0.3, -0.25) is 9.59 Å². The van der Waals surface area contributed by atoms with Crippen LogP contribution in [0.1, 0.15) is 53.2 Å². The number of fused-ring (bicyclic) bond motifs is 3. The maximum Gasteiger partial charge on any atom is 0.291 e. The maximum absolute atomic E-state index is 13.9. The lowest BCUT2D eigenvalue weighted by atomic mass is 9.87. The Bertz CT molecular complexity index is 1290. The van der Waals surface area contributed by atoms with Crippen LogP contribution in [0.25, 0.3) is 11.0 Å². The molecule has 1 atom stereocenters. The Morgan fingerprint density at radius 1 is 1.06 bits per heavy atom. The van der Waals surface area contributed by atoms with Gasteiger partial charge in [-0.25, -0.2) is 22.0 Å². The largest absolute Gasteiger partial charge is 0.486 e. The summed E-state index contributed by atoms with van der Waals surface area (Å²) in [5, 5.41) is 1.94. The number of carbonyl (C=O) groups excluding carboxylic acids is 2. The minimum absolute atomic E-state index is 0.0896. The highest BCUT2D eigenvalue weighted by Crippen LogP contribution is 2.41. The molecule has 4 rings (SSSR count). The first kappa shape index (κ1) is 21.8. The van der Waals surface area contributed by atoms with Gasteiger partial charge < -0.3 is 14.5 Å². The SMILES string of the molecule is CCC1(C)CC(=O)c2c(ccc3oc(C(=O)Nc4c(F)c(F)c(F)c(F)c4F)c(C)c23)O1. The fourth-order valence-electron chi connectivity index (χ4n) is 3.71. The monoisotopic (exact) mass is 453 g/mol. The number of hydrogen-bond acceptors (Lipinski definition) is 4. The van der Waals surface area contributed by atoms with Crippen molar-refractivity contribution in [1.29, 1.82) is 0 Å². The van der Waals surface area contributed by atoms with E-state index in [0.29, 0.717) is 12.2 Å². The minimum Gasteiger partial charge on any atom is -0.486 e. The smallest absolute Gasteiger partial charge is 0.291 e. The average Bonchev–Trinajstić information content (AvgIpc) is 3.10. The molecule has 168 valence electrons. The highest BCUT2D eigenvalue weighted by molar-refractivity contribution is 6.14. The van der Waals surface area contributed by atoms with Crippen molar-refractivity contribution in [3.63, 3.8) is 0 Å². The molecule has 1 N–H and O–H groups in total. The summed E-state index contributed by atoms with van der Waals surface area (Å²) in [5.41, 5.74) is -1.73. The second kappa shape index (κ2) is 7.32. The number of carbonyl (C=O) groups is 2. The molecule has 2 aromatic carbocycles. The van der Waals surface area contributed by atoms with Gasteiger partial charge in [0.05, 0.1) is 12.0 Å². The molecule has 1 unspecified atom stereocenters. The summed E-state index contributed by atoms with van der Waals surface area (Å²) in [4.78, 5) is 25.5. The van der Waals surface area contributed by atoms with Crippen molar-refractivity contribution in [3.8, 4) is 5.75 Å². The molecule has 10 heteroatoms. The molecule has 1 aromatic heterocycles. The number of amides is 1. The Morgan fingerprint density at radius 3 is 2.25 bits per heavy atom. The van der Waals surface area contributed by atoms with Gasteiger partial charge in [0.25, 0.3) is 5.91 Å². The van der Waals surface area contributed by atoms with E-state index in [1.54, 1.807) is 12.2 Å². The van der Waals surface area contributed by atoms with E-state index >= 15 is 0 Å². The summed E-state index contributed by atoms with van der Waals surface area (Å²) in [7, 11) is 0. The molecule has 1 amide bonds. The molecule has 0 spiro atoms. The third-order valence-electron chi connectivity index (χ3n) is 5.63. The zero-order valence-electron chi connectivity index (χ0n) is 17.1. The molecule has 32 heavy (non-hydrogen) atoms. The van der Waals surface area contributed by atoms with E-state index in [1.165, 1.54) is 19.1 Å². The normalized spacial score (nSPS) is 17.9. The van der Waals surface area contributed by atoms with Crippen LogP contribution >= 0.6 is 0 Å². The topological polar surface area (TPSA) is 68.5 Å². The number of benzene rings is 2. The summed E-state index contributed by atoms with van der Waals surface area (Å²) in [5.74, 6) is -12.8. The van der Waals surface area contributed by atoms with E-state index in [2.05, 4.69) is 0 Å². The van der Waals surface area contributed by atoms with E-state index in [0.717, 1.165) is 0 Å². The van der Waals surface area contributed by atoms with Crippen molar-refractivity contribution in [2.24, 2.45) is 0 Å². The number of hydrogen-bond donors (Lipinski definition) is 1. The van der Waals surface area contributed by atoms with Crippen LogP contribution in [0, 0.1) is 36.0 Å². The molecule has 1 aliphatic heterocycles. The van der Waals surface area contributed by atoms with E-state index in [4.69, 9.17) is 9.15 Å². The molecule has 0 saturated heterocycles. The predicted octanol–water partition coefficient (Wildman–Crippen LogP) is 5.82. The highest BCUT2D eigenvalue weighted by Gasteiger charge is 2.38. The van der Waals surface area contributed by atoms with Crippen molar-refractivity contribution in [3.05, 3.63) is 58.1 Å². The van der Waals surface area contributed by atoms with Gasteiger partial charge in [0.15, 0.2) is 34.8 Å². The van der Waals surface area contributed by atoms with Gasteiger partial charge in [-0.1, -0.05) is 6.92 Å². The van der Waals surface area contributed by atoms with E-state index < -0.39 is 52.0 Å². The highest BCUT2D eigenvalue weighted by atomic mass is 19.2. The van der Waals surface area contributed by atoms with E-state index in [9.17, 15) is 31.5 Å². The number of halogens is 5. The molecule has 5 nitrogen and oxygen atoms in total. The van der Waals surface area contributed by atoms with Crippen molar-refractivity contribution in [2.75, 3.05) is 5.32 Å². The summed E-state index contributed by atoms with van der Waals surface area (Å²) in [6.45, 7) is 5.10. The average molecular weight is 453 g/mol. The van der Waals surface area contributed by atoms with Gasteiger partial charge in [0.1, 0.15) is 22.6 Å². The van der Waals surface area contributed by atoms with Crippen LogP contribution in [0.2, 0.25) is 0 Å². The maximum atomic E-state index is 13.9. The van der Waals surface area contributed by atoms with Crippen LogP contribution in [0.4, 0.5) is 27.6 Å². The molecule has 0 fully saturated rings. The van der Waals surface area contributed by atoms with Crippen molar-refractivity contribution in [1.82, 2.24) is 0 Å². The van der Waals surface area contributed by atoms with Crippen LogP contribution in [0.5, 0.6) is 5.75 Å². The van der Waals surface area contributed by atoms with Crippen LogP contribution < -0.4 is 10.1 Å². The molecule has 0 radical (unpaired) electrons. The first-order valence-electron chi connectivity index (χ1n) is 9.60. The summed E-state index contributed by atoms with van der Waals surface area (Å²) >= 11 is 0. The minimum atomic E-state index is -2.35. The number of nitrogens with one attached hydrogen (secondary N) is 1. The number of Topliss-reactive ketones (excluding diaryl/α,β-unsaturated/α-hetero) is 1. The van der Waals surface area contributed by atoms with Gasteiger partial charge in [-0.05, 0) is 32.4 Å². The lowest BCUT2D eigenvalue weighted by molar-refractivity contribution is 0.0503. The first-order valence-corrected chi connectivity index (χ1v) is 9.60. The Labute approximate surface area is 178 Å². The second-order valence-corrected chi connectivity index (χ2v) is 7.77. The predicted molar refractivity (Wildman–Crippen MR) is 103 cm³/mol. The van der Waals surface area contributed by atoms with Crippen LogP contribution in [-0.2, 0) is 0 Å².